The van der Waals surface area contributed by atoms with Crippen molar-refractivity contribution in [1.29, 1.82) is 0 Å². The predicted molar refractivity (Wildman–Crippen MR) is 278 cm³/mol. The molecule has 0 radical (unpaired) electrons. The number of ether oxygens (including phenoxy) is 1. The van der Waals surface area contributed by atoms with Crippen LogP contribution in [-0.2, 0) is 34.4 Å². The van der Waals surface area contributed by atoms with Crippen molar-refractivity contribution in [2.75, 3.05) is 33.9 Å². The van der Waals surface area contributed by atoms with Crippen LogP contribution < -0.4 is 30.3 Å². The Balaban J connectivity index is 0.000000230. The van der Waals surface area contributed by atoms with E-state index in [1.165, 1.54) is 48.7 Å². The van der Waals surface area contributed by atoms with Gasteiger partial charge in [0.05, 0.1) is 32.2 Å². The molecule has 0 spiro atoms. The van der Waals surface area contributed by atoms with E-state index >= 15 is 0 Å². The number of aromatic nitrogens is 2. The van der Waals surface area contributed by atoms with E-state index in [1.807, 2.05) is 55.5 Å². The molecule has 3 amide bonds. The van der Waals surface area contributed by atoms with Crippen molar-refractivity contribution in [2.45, 2.75) is 102 Å². The number of thiazole rings is 2. The minimum absolute atomic E-state index is 0.0517. The summed E-state index contributed by atoms with van der Waals surface area (Å²) in [7, 11) is -7.79. The highest BCUT2D eigenvalue weighted by Crippen LogP contribution is 2.39. The van der Waals surface area contributed by atoms with Crippen molar-refractivity contribution in [1.82, 2.24) is 19.4 Å². The second kappa shape index (κ2) is 21.5. The number of nitrogens with zero attached hydrogens (tertiary/aromatic N) is 3. The molecule has 2 unspecified atom stereocenters. The van der Waals surface area contributed by atoms with Gasteiger partial charge < -0.3 is 25.8 Å². The van der Waals surface area contributed by atoms with E-state index in [4.69, 9.17) is 4.74 Å². The van der Waals surface area contributed by atoms with Gasteiger partial charge >= 0.3 is 6.09 Å². The van der Waals surface area contributed by atoms with Crippen LogP contribution in [0.3, 0.4) is 0 Å². The second-order valence-electron chi connectivity index (χ2n) is 18.7. The fraction of sp³-hybridized carbons (Fsp3) is 0.327. The smallest absolute Gasteiger partial charge is 0.414 e. The lowest BCUT2D eigenvalue weighted by atomic mass is 10.1. The minimum atomic E-state index is -3.91. The molecule has 0 bridgehead atoms. The lowest BCUT2D eigenvalue weighted by Crippen LogP contribution is -2.40. The summed E-state index contributed by atoms with van der Waals surface area (Å²) in [6.45, 7) is 17.8. The third kappa shape index (κ3) is 14.3. The van der Waals surface area contributed by atoms with Crippen LogP contribution in [0.15, 0.2) is 107 Å². The van der Waals surface area contributed by atoms with Crippen molar-refractivity contribution in [3.63, 3.8) is 0 Å². The molecule has 7 rings (SSSR count). The largest absolute Gasteiger partial charge is 0.444 e. The molecular weight excluding hydrogens is 973 g/mol. The topological polar surface area (TPSA) is 238 Å². The van der Waals surface area contributed by atoms with Gasteiger partial charge in [-0.1, -0.05) is 12.1 Å². The predicted octanol–water partition coefficient (Wildman–Crippen LogP) is 9.16. The molecule has 372 valence electrons. The third-order valence-corrected chi connectivity index (χ3v) is 15.5. The Morgan fingerprint density at radius 3 is 1.50 bits per heavy atom. The summed E-state index contributed by atoms with van der Waals surface area (Å²) in [4.78, 5) is 47.1. The number of aliphatic hydroxyl groups is 1. The number of amides is 3. The van der Waals surface area contributed by atoms with E-state index in [0.717, 1.165) is 27.5 Å². The Kier molecular flexibility index (Phi) is 16.4. The van der Waals surface area contributed by atoms with E-state index in [9.17, 15) is 36.3 Å². The first-order valence-electron chi connectivity index (χ1n) is 22.1. The molecule has 1 saturated heterocycles. The number of benzene rings is 4. The Morgan fingerprint density at radius 1 is 0.714 bits per heavy atom. The maximum Gasteiger partial charge on any atom is 0.414 e. The molecule has 2 atom stereocenters. The summed E-state index contributed by atoms with van der Waals surface area (Å²) in [6.07, 6.45) is 2.32. The average Bonchev–Trinajstić information content (AvgIpc) is 4.02. The fourth-order valence-corrected chi connectivity index (χ4v) is 12.4. The molecule has 6 N–H and O–H groups in total. The van der Waals surface area contributed by atoms with Crippen LogP contribution in [0.1, 0.15) is 69.2 Å². The first-order valence-corrected chi connectivity index (χ1v) is 26.7. The molecule has 0 saturated carbocycles. The Bertz CT molecular complexity index is 3090. The Morgan fingerprint density at radius 2 is 1.13 bits per heavy atom. The fourth-order valence-electron chi connectivity index (χ4n) is 7.03. The molecule has 4 aromatic carbocycles. The zero-order valence-corrected chi connectivity index (χ0v) is 43.8. The van der Waals surface area contributed by atoms with E-state index in [0.29, 0.717) is 50.4 Å². The van der Waals surface area contributed by atoms with E-state index in [-0.39, 0.29) is 33.8 Å². The molecule has 3 heterocycles. The zero-order valence-electron chi connectivity index (χ0n) is 40.5. The number of aliphatic hydroxyl groups excluding tert-OH is 1. The van der Waals surface area contributed by atoms with Gasteiger partial charge in [-0.05, 0) is 128 Å². The van der Waals surface area contributed by atoms with Gasteiger partial charge in [-0.15, -0.1) is 22.7 Å². The third-order valence-electron chi connectivity index (χ3n) is 9.73. The highest BCUT2D eigenvalue weighted by molar-refractivity contribution is 7.90. The number of hydrogen-bond donors (Lipinski definition) is 6. The number of sulfonamides is 2. The summed E-state index contributed by atoms with van der Waals surface area (Å²) >= 11 is 2.73. The lowest BCUT2D eigenvalue weighted by molar-refractivity contribution is -0.115. The van der Waals surface area contributed by atoms with Crippen LogP contribution in [0, 0.1) is 0 Å². The quantitative estimate of drug-likeness (QED) is 0.0599. The van der Waals surface area contributed by atoms with Gasteiger partial charge in [-0.3, -0.25) is 14.5 Å². The summed E-state index contributed by atoms with van der Waals surface area (Å²) in [5.74, 6) is -0.582. The van der Waals surface area contributed by atoms with E-state index < -0.39 is 37.2 Å². The number of anilines is 4. The standard InChI is InChI=1S/C25H28N4O5S2.C24H30N4O4S2/c1-15-14-29(24(31)34-15)19-9-6-17(7-10-19)23-26-13-21(35-23)20-11-8-18(27-16(2)30)12-22(20)36(32,33)28-25(3,4)5;1-15(29)13-25-18-8-6-17(7-9-18)23-26-14-21(33-23)20-11-10-19(27-16(2)30)12-22(20)34(31,32)28-24(3,4)5/h6-13,15,28H,14H2,1-5H3,(H,27,30);6-12,14-15,25,28-29H,13H2,1-5H3,(H,27,30). The number of rotatable bonds is 14. The van der Waals surface area contributed by atoms with Crippen molar-refractivity contribution in [3.05, 3.63) is 97.3 Å². The number of hydrogen-bond acceptors (Lipinski definition) is 14. The van der Waals surface area contributed by atoms with E-state index in [2.05, 4.69) is 35.4 Å². The number of cyclic esters (lactones) is 1. The monoisotopic (exact) mass is 1030 g/mol. The summed E-state index contributed by atoms with van der Waals surface area (Å²) < 4.78 is 63.6. The van der Waals surface area contributed by atoms with Crippen molar-refractivity contribution in [2.24, 2.45) is 0 Å². The average molecular weight is 1030 g/mol. The van der Waals surface area contributed by atoms with Gasteiger partial charge in [0.2, 0.25) is 31.9 Å². The van der Waals surface area contributed by atoms with Crippen LogP contribution in [0.2, 0.25) is 0 Å². The molecule has 21 heteroatoms. The summed E-state index contributed by atoms with van der Waals surface area (Å²) in [5, 5.41) is 19.3. The zero-order chi connectivity index (χ0) is 51.3. The first-order chi connectivity index (χ1) is 32.7. The molecule has 6 aromatic rings. The molecule has 1 fully saturated rings. The van der Waals surface area contributed by atoms with Gasteiger partial charge in [-0.2, -0.15) is 0 Å². The van der Waals surface area contributed by atoms with Gasteiger partial charge in [0.1, 0.15) is 16.1 Å². The van der Waals surface area contributed by atoms with Crippen molar-refractivity contribution < 1.29 is 41.1 Å². The number of nitrogens with one attached hydrogen (secondary N) is 5. The van der Waals surface area contributed by atoms with Gasteiger partial charge in [0.15, 0.2) is 0 Å². The molecule has 17 nitrogen and oxygen atoms in total. The highest BCUT2D eigenvalue weighted by atomic mass is 32.2. The highest BCUT2D eigenvalue weighted by Gasteiger charge is 2.30. The number of carbonyl (C=O) groups excluding carboxylic acids is 3. The molecule has 70 heavy (non-hydrogen) atoms. The van der Waals surface area contributed by atoms with Gasteiger partial charge in [0, 0.05) is 88.9 Å². The van der Waals surface area contributed by atoms with Crippen LogP contribution in [0.4, 0.5) is 27.5 Å². The summed E-state index contributed by atoms with van der Waals surface area (Å²) in [5.41, 5.74) is 3.75. The lowest BCUT2D eigenvalue weighted by Gasteiger charge is -2.22. The van der Waals surface area contributed by atoms with Crippen LogP contribution >= 0.6 is 22.7 Å². The Hall–Kier alpha value is -6.07. The van der Waals surface area contributed by atoms with Gasteiger partial charge in [0.25, 0.3) is 0 Å². The van der Waals surface area contributed by atoms with Crippen LogP contribution in [0.25, 0.3) is 42.0 Å². The molecule has 1 aliphatic rings. The first kappa shape index (κ1) is 53.3. The summed E-state index contributed by atoms with van der Waals surface area (Å²) in [6, 6.07) is 24.7. The Labute approximate surface area is 417 Å². The van der Waals surface area contributed by atoms with Crippen LogP contribution in [-0.4, -0.2) is 86.2 Å². The maximum absolute atomic E-state index is 13.3. The maximum atomic E-state index is 13.3. The molecule has 0 aliphatic carbocycles. The number of carbonyl (C=O) groups is 3. The SMILES string of the molecule is CC(=O)Nc1ccc(-c2cnc(-c3ccc(N4CC(C)OC4=O)cc3)s2)c(S(=O)(=O)NC(C)(C)C)c1.CC(=O)Nc1ccc(-c2cnc(-c3ccc(NCC(C)O)cc3)s2)c(S(=O)(=O)NC(C)(C)C)c1. The van der Waals surface area contributed by atoms with Crippen LogP contribution in [0.5, 0.6) is 0 Å². The van der Waals surface area contributed by atoms with Gasteiger partial charge in [-0.25, -0.2) is 41.0 Å². The second-order valence-corrected chi connectivity index (χ2v) is 24.1. The minimum Gasteiger partial charge on any atom is -0.444 e. The van der Waals surface area contributed by atoms with Crippen molar-refractivity contribution in [3.8, 4) is 42.0 Å². The van der Waals surface area contributed by atoms with E-state index in [1.54, 1.807) is 90.0 Å². The molecule has 2 aromatic heterocycles. The normalized spacial score (nSPS) is 14.6. The molecular formula is C49H58N8O9S4. The van der Waals surface area contributed by atoms with Crippen molar-refractivity contribution >= 4 is 83.4 Å². The molecule has 1 aliphatic heterocycles.